The molecule has 4 fully saturated rings. The van der Waals surface area contributed by atoms with Gasteiger partial charge in [-0.05, 0) is 86.0 Å². The van der Waals surface area contributed by atoms with Gasteiger partial charge in [-0.3, -0.25) is 4.79 Å². The van der Waals surface area contributed by atoms with Crippen LogP contribution in [-0.4, -0.2) is 16.0 Å². The molecule has 4 nitrogen and oxygen atoms in total. The van der Waals surface area contributed by atoms with Crippen molar-refractivity contribution in [1.82, 2.24) is 10.3 Å². The summed E-state index contributed by atoms with van der Waals surface area (Å²) in [5, 5.41) is 6.64. The highest BCUT2D eigenvalue weighted by atomic mass is 35.5. The van der Waals surface area contributed by atoms with Crippen molar-refractivity contribution in [2.45, 2.75) is 44.9 Å². The van der Waals surface area contributed by atoms with Crippen LogP contribution in [0, 0.1) is 23.2 Å². The van der Waals surface area contributed by atoms with Crippen LogP contribution in [0.2, 0.25) is 5.02 Å². The predicted octanol–water partition coefficient (Wildman–Crippen LogP) is 4.15. The molecule has 0 aromatic carbocycles. The maximum absolute atomic E-state index is 12.5. The first-order chi connectivity index (χ1) is 11.5. The summed E-state index contributed by atoms with van der Waals surface area (Å²) in [5.74, 6) is 3.18. The molecule has 1 aromatic heterocycles. The number of rotatable bonds is 3. The van der Waals surface area contributed by atoms with Gasteiger partial charge in [0, 0.05) is 12.6 Å². The number of pyridine rings is 1. The maximum atomic E-state index is 12.5. The number of anilines is 1. The third-order valence-electron chi connectivity index (χ3n) is 5.92. The van der Waals surface area contributed by atoms with Crippen LogP contribution in [0.3, 0.4) is 0 Å². The smallest absolute Gasteiger partial charge is 0.226 e. The number of nitrogens with zero attached hydrogens (tertiary/aromatic N) is 1. The van der Waals surface area contributed by atoms with Crippen molar-refractivity contribution in [1.29, 1.82) is 0 Å². The number of aromatic nitrogens is 1. The molecular weight excluding hydrogens is 342 g/mol. The van der Waals surface area contributed by atoms with E-state index in [1.54, 1.807) is 18.3 Å². The monoisotopic (exact) mass is 363 g/mol. The van der Waals surface area contributed by atoms with Crippen LogP contribution in [0.4, 0.5) is 5.82 Å². The van der Waals surface area contributed by atoms with Gasteiger partial charge >= 0.3 is 0 Å². The number of halogens is 1. The topological polar surface area (TPSA) is 54.0 Å². The number of hydrogen-bond donors (Lipinski definition) is 2. The number of hydrogen-bond acceptors (Lipinski definition) is 3. The maximum Gasteiger partial charge on any atom is 0.226 e. The zero-order chi connectivity index (χ0) is 16.7. The van der Waals surface area contributed by atoms with Gasteiger partial charge in [0.25, 0.3) is 0 Å². The Kier molecular flexibility index (Phi) is 4.25. The Morgan fingerprint density at radius 3 is 2.38 bits per heavy atom. The lowest BCUT2D eigenvalue weighted by molar-refractivity contribution is -0.127. The first-order valence-corrected chi connectivity index (χ1v) is 9.51. The minimum Gasteiger partial charge on any atom is -0.317 e. The van der Waals surface area contributed by atoms with E-state index in [9.17, 15) is 4.79 Å². The zero-order valence-corrected chi connectivity index (χ0v) is 15.1. The quantitative estimate of drug-likeness (QED) is 0.792. The van der Waals surface area contributed by atoms with Gasteiger partial charge in [0.05, 0.1) is 5.02 Å². The van der Waals surface area contributed by atoms with E-state index in [1.165, 1.54) is 38.5 Å². The van der Waals surface area contributed by atoms with Crippen molar-refractivity contribution in [3.8, 4) is 0 Å². The van der Waals surface area contributed by atoms with E-state index in [4.69, 9.17) is 23.8 Å². The second-order valence-electron chi connectivity index (χ2n) is 7.96. The molecule has 4 aliphatic carbocycles. The highest BCUT2D eigenvalue weighted by Crippen LogP contribution is 2.61. The van der Waals surface area contributed by atoms with Crippen LogP contribution in [-0.2, 0) is 4.79 Å². The Hall–Kier alpha value is -1.20. The molecule has 0 aliphatic heterocycles. The molecule has 0 unspecified atom stereocenters. The standard InChI is InChI=1S/C18H22ClN3OS/c19-14-1-2-15(20-10-14)21-17(24)22-16(23)9-18-6-11-3-12(7-18)5-13(4-11)8-18/h1-2,10-13H,3-9H2,(H2,20,21,22,23,24). The summed E-state index contributed by atoms with van der Waals surface area (Å²) in [6, 6.07) is 3.47. The molecule has 128 valence electrons. The van der Waals surface area contributed by atoms with Crippen LogP contribution < -0.4 is 10.6 Å². The minimum absolute atomic E-state index is 0.0309. The average molecular weight is 364 g/mol. The van der Waals surface area contributed by atoms with E-state index >= 15 is 0 Å². The second kappa shape index (κ2) is 6.26. The lowest BCUT2D eigenvalue weighted by Crippen LogP contribution is -2.48. The molecule has 0 atom stereocenters. The molecule has 1 amide bonds. The van der Waals surface area contributed by atoms with Crippen molar-refractivity contribution in [2.24, 2.45) is 23.2 Å². The van der Waals surface area contributed by atoms with Gasteiger partial charge in [0.15, 0.2) is 5.11 Å². The van der Waals surface area contributed by atoms with Gasteiger partial charge in [-0.25, -0.2) is 4.98 Å². The molecule has 1 aromatic rings. The van der Waals surface area contributed by atoms with Gasteiger partial charge < -0.3 is 10.6 Å². The first-order valence-electron chi connectivity index (χ1n) is 8.72. The molecule has 1 heterocycles. The van der Waals surface area contributed by atoms with E-state index in [2.05, 4.69) is 15.6 Å². The van der Waals surface area contributed by atoms with Crippen molar-refractivity contribution in [3.63, 3.8) is 0 Å². The summed E-state index contributed by atoms with van der Waals surface area (Å²) in [6.45, 7) is 0. The van der Waals surface area contributed by atoms with Crippen LogP contribution >= 0.6 is 23.8 Å². The van der Waals surface area contributed by atoms with Gasteiger partial charge in [0.1, 0.15) is 5.82 Å². The number of thiocarbonyl (C=S) groups is 1. The number of amides is 1. The fraction of sp³-hybridized carbons (Fsp3) is 0.611. The molecule has 24 heavy (non-hydrogen) atoms. The molecule has 5 rings (SSSR count). The fourth-order valence-corrected chi connectivity index (χ4v) is 5.95. The molecule has 0 radical (unpaired) electrons. The normalized spacial score (nSPS) is 33.3. The van der Waals surface area contributed by atoms with Crippen molar-refractivity contribution in [2.75, 3.05) is 5.32 Å². The van der Waals surface area contributed by atoms with Gasteiger partial charge in [0.2, 0.25) is 5.91 Å². The van der Waals surface area contributed by atoms with Crippen molar-refractivity contribution < 1.29 is 4.79 Å². The first kappa shape index (κ1) is 16.3. The minimum atomic E-state index is 0.0309. The van der Waals surface area contributed by atoms with E-state index in [0.717, 1.165) is 17.8 Å². The van der Waals surface area contributed by atoms with Crippen molar-refractivity contribution in [3.05, 3.63) is 23.4 Å². The number of carbonyl (C=O) groups is 1. The Morgan fingerprint density at radius 1 is 1.21 bits per heavy atom. The second-order valence-corrected chi connectivity index (χ2v) is 8.80. The van der Waals surface area contributed by atoms with E-state index in [1.807, 2.05) is 0 Å². The summed E-state index contributed by atoms with van der Waals surface area (Å²) in [5.41, 5.74) is 0.229. The van der Waals surface area contributed by atoms with Crippen LogP contribution in [0.15, 0.2) is 18.3 Å². The Morgan fingerprint density at radius 2 is 1.83 bits per heavy atom. The van der Waals surface area contributed by atoms with E-state index in [-0.39, 0.29) is 11.3 Å². The van der Waals surface area contributed by atoms with Gasteiger partial charge in [-0.1, -0.05) is 11.6 Å². The highest BCUT2D eigenvalue weighted by Gasteiger charge is 2.51. The molecule has 4 bridgehead atoms. The third kappa shape index (κ3) is 3.42. The lowest BCUT2D eigenvalue weighted by atomic mass is 9.49. The van der Waals surface area contributed by atoms with E-state index < -0.39 is 0 Å². The molecule has 2 N–H and O–H groups in total. The number of carbonyl (C=O) groups excluding carboxylic acids is 1. The van der Waals surface area contributed by atoms with E-state index in [0.29, 0.717) is 22.4 Å². The highest BCUT2D eigenvalue weighted by molar-refractivity contribution is 7.80. The summed E-state index contributed by atoms with van der Waals surface area (Å²) in [6.07, 6.45) is 10.0. The SMILES string of the molecule is O=C(CC12CC3CC(CC(C3)C1)C2)NC(=S)Nc1ccc(Cl)cn1. The largest absolute Gasteiger partial charge is 0.317 e. The summed E-state index contributed by atoms with van der Waals surface area (Å²) < 4.78 is 0. The molecular formula is C18H22ClN3OS. The average Bonchev–Trinajstić information content (AvgIpc) is 2.47. The lowest BCUT2D eigenvalue weighted by Gasteiger charge is -2.56. The van der Waals surface area contributed by atoms with Crippen LogP contribution in [0.1, 0.15) is 44.9 Å². The summed E-state index contributed by atoms with van der Waals surface area (Å²) >= 11 is 11.1. The zero-order valence-electron chi connectivity index (χ0n) is 13.6. The fourth-order valence-electron chi connectivity index (χ4n) is 5.62. The number of nitrogens with one attached hydrogen (secondary N) is 2. The molecule has 6 heteroatoms. The van der Waals surface area contributed by atoms with Gasteiger partial charge in [-0.2, -0.15) is 0 Å². The van der Waals surface area contributed by atoms with Crippen molar-refractivity contribution >= 4 is 40.7 Å². The summed E-state index contributed by atoms with van der Waals surface area (Å²) in [4.78, 5) is 16.6. The third-order valence-corrected chi connectivity index (χ3v) is 6.35. The Labute approximate surface area is 152 Å². The van der Waals surface area contributed by atoms with Crippen LogP contribution in [0.5, 0.6) is 0 Å². The van der Waals surface area contributed by atoms with Gasteiger partial charge in [-0.15, -0.1) is 0 Å². The summed E-state index contributed by atoms with van der Waals surface area (Å²) in [7, 11) is 0. The predicted molar refractivity (Wildman–Crippen MR) is 98.8 cm³/mol. The molecule has 4 aliphatic rings. The Bertz CT molecular complexity index is 625. The molecule has 4 saturated carbocycles. The van der Waals surface area contributed by atoms with Crippen LogP contribution in [0.25, 0.3) is 0 Å². The molecule has 0 saturated heterocycles. The molecule has 0 spiro atoms. The Balaban J connectivity index is 1.33.